The van der Waals surface area contributed by atoms with Crippen molar-refractivity contribution in [2.75, 3.05) is 45.9 Å². The minimum atomic E-state index is -0.796. The van der Waals surface area contributed by atoms with Crippen LogP contribution in [0.3, 0.4) is 0 Å². The van der Waals surface area contributed by atoms with Gasteiger partial charge in [-0.2, -0.15) is 0 Å². The molecule has 0 radical (unpaired) electrons. The van der Waals surface area contributed by atoms with E-state index in [9.17, 15) is 4.79 Å². The molecular weight excluding hydrogens is 306 g/mol. The van der Waals surface area contributed by atoms with Gasteiger partial charge in [0.2, 0.25) is 5.91 Å². The summed E-state index contributed by atoms with van der Waals surface area (Å²) >= 11 is 0. The molecule has 0 spiro atoms. The van der Waals surface area contributed by atoms with Crippen molar-refractivity contribution in [3.8, 4) is 0 Å². The van der Waals surface area contributed by atoms with Crippen LogP contribution in [0.5, 0.6) is 0 Å². The molecule has 0 bridgehead atoms. The van der Waals surface area contributed by atoms with Gasteiger partial charge in [0.15, 0.2) is 0 Å². The van der Waals surface area contributed by atoms with E-state index in [2.05, 4.69) is 4.90 Å². The highest BCUT2D eigenvalue weighted by Gasteiger charge is 2.63. The van der Waals surface area contributed by atoms with Gasteiger partial charge in [-0.25, -0.2) is 0 Å². The van der Waals surface area contributed by atoms with Crippen LogP contribution in [0, 0.1) is 5.41 Å². The molecule has 0 aromatic rings. The second-order valence-electron chi connectivity index (χ2n) is 7.89. The van der Waals surface area contributed by atoms with Gasteiger partial charge in [-0.1, -0.05) is 13.8 Å². The third-order valence-electron chi connectivity index (χ3n) is 5.73. The van der Waals surface area contributed by atoms with Gasteiger partial charge in [0.05, 0.1) is 18.8 Å². The molecule has 140 valence electrons. The maximum Gasteiger partial charge on any atom is 0.243 e. The summed E-state index contributed by atoms with van der Waals surface area (Å²) in [5.41, 5.74) is 5.41. The maximum atomic E-state index is 13.0. The lowest BCUT2D eigenvalue weighted by atomic mass is 9.54. The highest BCUT2D eigenvalue weighted by Crippen LogP contribution is 2.50. The number of piperazine rings is 1. The molecule has 0 aromatic heterocycles. The molecule has 0 aromatic carbocycles. The van der Waals surface area contributed by atoms with Crippen molar-refractivity contribution in [2.24, 2.45) is 11.1 Å². The molecule has 1 heterocycles. The fourth-order valence-electron chi connectivity index (χ4n) is 3.67. The van der Waals surface area contributed by atoms with E-state index in [0.29, 0.717) is 13.0 Å². The molecule has 1 aliphatic heterocycles. The number of amides is 1. The highest BCUT2D eigenvalue weighted by molar-refractivity contribution is 5.89. The van der Waals surface area contributed by atoms with Crippen molar-refractivity contribution >= 4 is 5.91 Å². The zero-order valence-electron chi connectivity index (χ0n) is 16.0. The molecule has 2 atom stereocenters. The monoisotopic (exact) mass is 341 g/mol. The Kier molecular flexibility index (Phi) is 6.29. The van der Waals surface area contributed by atoms with E-state index in [-0.39, 0.29) is 23.5 Å². The normalized spacial score (nSPS) is 30.5. The summed E-state index contributed by atoms with van der Waals surface area (Å²) in [4.78, 5) is 17.3. The SMILES string of the molecule is CCOC1CC(N)(C(=O)N2CCN(CCOC(C)C)CC2)C1(C)C. The van der Waals surface area contributed by atoms with Gasteiger partial charge in [-0.05, 0) is 20.8 Å². The molecule has 1 amide bonds. The first kappa shape index (κ1) is 19.6. The van der Waals surface area contributed by atoms with Crippen LogP contribution in [-0.4, -0.2) is 79.4 Å². The second-order valence-corrected chi connectivity index (χ2v) is 7.89. The van der Waals surface area contributed by atoms with Crippen molar-refractivity contribution in [3.63, 3.8) is 0 Å². The Balaban J connectivity index is 1.83. The lowest BCUT2D eigenvalue weighted by molar-refractivity contribution is -0.180. The Morgan fingerprint density at radius 3 is 2.38 bits per heavy atom. The second kappa shape index (κ2) is 7.68. The van der Waals surface area contributed by atoms with Crippen molar-refractivity contribution in [2.45, 2.75) is 58.8 Å². The average molecular weight is 341 g/mol. The summed E-state index contributed by atoms with van der Waals surface area (Å²) in [6, 6.07) is 0. The van der Waals surface area contributed by atoms with Crippen molar-refractivity contribution in [3.05, 3.63) is 0 Å². The molecular formula is C18H35N3O3. The lowest BCUT2D eigenvalue weighted by Gasteiger charge is -2.59. The van der Waals surface area contributed by atoms with Crippen molar-refractivity contribution < 1.29 is 14.3 Å². The van der Waals surface area contributed by atoms with Crippen LogP contribution in [0.4, 0.5) is 0 Å². The van der Waals surface area contributed by atoms with E-state index in [1.165, 1.54) is 0 Å². The van der Waals surface area contributed by atoms with Gasteiger partial charge in [0.25, 0.3) is 0 Å². The number of carbonyl (C=O) groups excluding carboxylic acids is 1. The largest absolute Gasteiger partial charge is 0.378 e. The van der Waals surface area contributed by atoms with Gasteiger partial charge in [-0.3, -0.25) is 9.69 Å². The number of nitrogens with zero attached hydrogens (tertiary/aromatic N) is 2. The summed E-state index contributed by atoms with van der Waals surface area (Å²) < 4.78 is 11.3. The van der Waals surface area contributed by atoms with E-state index >= 15 is 0 Å². The predicted molar refractivity (Wildman–Crippen MR) is 94.8 cm³/mol. The number of carbonyl (C=O) groups is 1. The molecule has 2 N–H and O–H groups in total. The average Bonchev–Trinajstić information content (AvgIpc) is 2.54. The van der Waals surface area contributed by atoms with E-state index in [4.69, 9.17) is 15.2 Å². The fourth-order valence-corrected chi connectivity index (χ4v) is 3.67. The Bertz CT molecular complexity index is 433. The topological polar surface area (TPSA) is 68.0 Å². The van der Waals surface area contributed by atoms with Crippen LogP contribution in [0.1, 0.15) is 41.0 Å². The fraction of sp³-hybridized carbons (Fsp3) is 0.944. The van der Waals surface area contributed by atoms with Crippen LogP contribution in [0.25, 0.3) is 0 Å². The smallest absolute Gasteiger partial charge is 0.243 e. The third kappa shape index (κ3) is 3.77. The molecule has 6 nitrogen and oxygen atoms in total. The zero-order chi connectivity index (χ0) is 18.0. The summed E-state index contributed by atoms with van der Waals surface area (Å²) in [7, 11) is 0. The Hall–Kier alpha value is -0.690. The molecule has 6 heteroatoms. The van der Waals surface area contributed by atoms with Crippen molar-refractivity contribution in [1.29, 1.82) is 0 Å². The van der Waals surface area contributed by atoms with Crippen molar-refractivity contribution in [1.82, 2.24) is 9.80 Å². The molecule has 1 aliphatic carbocycles. The molecule has 1 saturated carbocycles. The quantitative estimate of drug-likeness (QED) is 0.751. The standard InChI is InChI=1S/C18H35N3O3/c1-6-23-15-13-18(19,17(15,4)5)16(22)21-9-7-20(8-10-21)11-12-24-14(2)3/h14-15H,6-13,19H2,1-5H3. The van der Waals surface area contributed by atoms with Gasteiger partial charge in [0, 0.05) is 51.2 Å². The first-order valence-electron chi connectivity index (χ1n) is 9.26. The van der Waals surface area contributed by atoms with Crippen LogP contribution in [0.15, 0.2) is 0 Å². The predicted octanol–water partition coefficient (Wildman–Crippen LogP) is 1.09. The minimum absolute atomic E-state index is 0.0749. The number of hydrogen-bond acceptors (Lipinski definition) is 5. The lowest BCUT2D eigenvalue weighted by Crippen LogP contribution is -2.76. The Morgan fingerprint density at radius 2 is 1.88 bits per heavy atom. The molecule has 2 unspecified atom stereocenters. The zero-order valence-corrected chi connectivity index (χ0v) is 16.0. The molecule has 2 fully saturated rings. The number of nitrogens with two attached hydrogens (primary N) is 1. The van der Waals surface area contributed by atoms with Crippen LogP contribution >= 0.6 is 0 Å². The Labute approximate surface area is 146 Å². The van der Waals surface area contributed by atoms with E-state index < -0.39 is 5.54 Å². The molecule has 2 aliphatic rings. The van der Waals surface area contributed by atoms with E-state index in [0.717, 1.165) is 39.3 Å². The van der Waals surface area contributed by atoms with Crippen LogP contribution in [0.2, 0.25) is 0 Å². The first-order valence-corrected chi connectivity index (χ1v) is 9.26. The first-order chi connectivity index (χ1) is 11.2. The van der Waals surface area contributed by atoms with Gasteiger partial charge >= 0.3 is 0 Å². The summed E-state index contributed by atoms with van der Waals surface area (Å²) in [6.45, 7) is 15.8. The summed E-state index contributed by atoms with van der Waals surface area (Å²) in [6.07, 6.45) is 0.963. The molecule has 24 heavy (non-hydrogen) atoms. The number of ether oxygens (including phenoxy) is 2. The van der Waals surface area contributed by atoms with Gasteiger partial charge in [0.1, 0.15) is 5.54 Å². The van der Waals surface area contributed by atoms with Gasteiger partial charge in [-0.15, -0.1) is 0 Å². The van der Waals surface area contributed by atoms with E-state index in [1.54, 1.807) is 0 Å². The maximum absolute atomic E-state index is 13.0. The molecule has 1 saturated heterocycles. The minimum Gasteiger partial charge on any atom is -0.378 e. The Morgan fingerprint density at radius 1 is 1.25 bits per heavy atom. The molecule has 2 rings (SSSR count). The van der Waals surface area contributed by atoms with Crippen LogP contribution < -0.4 is 5.73 Å². The number of hydrogen-bond donors (Lipinski definition) is 1. The summed E-state index contributed by atoms with van der Waals surface area (Å²) in [5, 5.41) is 0. The van der Waals surface area contributed by atoms with Crippen LogP contribution in [-0.2, 0) is 14.3 Å². The van der Waals surface area contributed by atoms with E-state index in [1.807, 2.05) is 39.5 Å². The number of rotatable bonds is 7. The third-order valence-corrected chi connectivity index (χ3v) is 5.73. The summed E-state index contributed by atoms with van der Waals surface area (Å²) in [5.74, 6) is 0.0848. The van der Waals surface area contributed by atoms with Gasteiger partial charge < -0.3 is 20.1 Å². The highest BCUT2D eigenvalue weighted by atomic mass is 16.5.